The third kappa shape index (κ3) is 4.32. The van der Waals surface area contributed by atoms with E-state index in [1.165, 1.54) is 12.1 Å². The molecule has 1 aromatic heterocycles. The van der Waals surface area contributed by atoms with E-state index in [1.54, 1.807) is 23.9 Å². The molecule has 0 saturated carbocycles. The summed E-state index contributed by atoms with van der Waals surface area (Å²) in [6.07, 6.45) is 0. The van der Waals surface area contributed by atoms with Crippen LogP contribution in [0, 0.1) is 10.7 Å². The molecule has 5 nitrogen and oxygen atoms in total. The fourth-order valence-corrected chi connectivity index (χ4v) is 2.60. The summed E-state index contributed by atoms with van der Waals surface area (Å²) >= 11 is 5.25. The highest BCUT2D eigenvalue weighted by molar-refractivity contribution is 7.71. The molecule has 0 aliphatic carbocycles. The molecule has 0 amide bonds. The Labute approximate surface area is 150 Å². The zero-order valence-electron chi connectivity index (χ0n) is 14.0. The van der Waals surface area contributed by atoms with Gasteiger partial charge in [-0.25, -0.2) is 9.07 Å². The summed E-state index contributed by atoms with van der Waals surface area (Å²) in [5.74, 6) is 0.984. The van der Waals surface area contributed by atoms with Gasteiger partial charge in [-0.15, -0.1) is 5.10 Å². The number of hydrogen-bond donors (Lipinski definition) is 0. The smallest absolute Gasteiger partial charge is 0.288 e. The third-order valence-electron chi connectivity index (χ3n) is 3.68. The Bertz CT molecular complexity index is 888. The number of hydrogen-bond acceptors (Lipinski definition) is 5. The van der Waals surface area contributed by atoms with Crippen LogP contribution >= 0.6 is 12.2 Å². The summed E-state index contributed by atoms with van der Waals surface area (Å²) in [5, 5.41) is 4.43. The van der Waals surface area contributed by atoms with Crippen LogP contribution in [0.15, 0.2) is 52.9 Å². The topological polar surface area (TPSA) is 43.4 Å². The van der Waals surface area contributed by atoms with Gasteiger partial charge < -0.3 is 9.15 Å². The Morgan fingerprint density at radius 2 is 1.84 bits per heavy atom. The molecule has 0 fully saturated rings. The molecule has 0 N–H and O–H groups in total. The van der Waals surface area contributed by atoms with E-state index in [0.717, 1.165) is 16.9 Å². The predicted molar refractivity (Wildman–Crippen MR) is 95.2 cm³/mol. The molecule has 0 atom stereocenters. The first-order chi connectivity index (χ1) is 12.0. The van der Waals surface area contributed by atoms with Gasteiger partial charge >= 0.3 is 0 Å². The fourth-order valence-electron chi connectivity index (χ4n) is 2.43. The van der Waals surface area contributed by atoms with Crippen LogP contribution in [0.3, 0.4) is 0 Å². The van der Waals surface area contributed by atoms with Crippen molar-refractivity contribution in [2.45, 2.75) is 13.2 Å². The summed E-state index contributed by atoms with van der Waals surface area (Å²) in [5.41, 5.74) is 1.83. The van der Waals surface area contributed by atoms with E-state index in [4.69, 9.17) is 21.4 Å². The van der Waals surface area contributed by atoms with Gasteiger partial charge in [0.2, 0.25) is 5.89 Å². The minimum absolute atomic E-state index is 0.241. The van der Waals surface area contributed by atoms with E-state index in [0.29, 0.717) is 23.9 Å². The van der Waals surface area contributed by atoms with Crippen LogP contribution in [0.5, 0.6) is 5.75 Å². The van der Waals surface area contributed by atoms with Crippen molar-refractivity contribution in [2.24, 2.45) is 0 Å². The number of aromatic nitrogens is 2. The molecule has 3 rings (SSSR count). The molecule has 0 spiro atoms. The average molecular weight is 359 g/mol. The Kier molecular flexibility index (Phi) is 5.25. The summed E-state index contributed by atoms with van der Waals surface area (Å²) in [7, 11) is 3.55. The average Bonchev–Trinajstić information content (AvgIpc) is 2.97. The summed E-state index contributed by atoms with van der Waals surface area (Å²) in [4.78, 5) is 2.32. The quantitative estimate of drug-likeness (QED) is 0.620. The van der Waals surface area contributed by atoms with Crippen molar-refractivity contribution in [3.63, 3.8) is 0 Å². The zero-order valence-corrected chi connectivity index (χ0v) is 14.8. The van der Waals surface area contributed by atoms with Crippen LogP contribution in [-0.4, -0.2) is 28.8 Å². The van der Waals surface area contributed by atoms with Crippen molar-refractivity contribution < 1.29 is 13.5 Å². The summed E-state index contributed by atoms with van der Waals surface area (Å²) in [6.45, 7) is 1.11. The maximum absolute atomic E-state index is 13.0. The third-order valence-corrected chi connectivity index (χ3v) is 3.98. The first kappa shape index (κ1) is 17.3. The number of methoxy groups -OCH3 is 1. The normalized spacial score (nSPS) is 11.0. The fraction of sp³-hybridized carbons (Fsp3) is 0.222. The van der Waals surface area contributed by atoms with Gasteiger partial charge in [-0.05, 0) is 61.2 Å². The molecule has 0 aliphatic heterocycles. The van der Waals surface area contributed by atoms with Crippen molar-refractivity contribution in [3.8, 4) is 17.2 Å². The molecule has 25 heavy (non-hydrogen) atoms. The minimum atomic E-state index is -0.241. The highest BCUT2D eigenvalue weighted by atomic mass is 32.1. The lowest BCUT2D eigenvalue weighted by Crippen LogP contribution is -2.22. The van der Waals surface area contributed by atoms with Crippen LogP contribution in [0.25, 0.3) is 11.5 Å². The Hall–Kier alpha value is -2.51. The molecule has 2 aromatic carbocycles. The molecular formula is C18H18FN3O2S. The van der Waals surface area contributed by atoms with Crippen LogP contribution in [0.1, 0.15) is 5.56 Å². The number of rotatable bonds is 6. The van der Waals surface area contributed by atoms with Gasteiger partial charge in [-0.2, -0.15) is 0 Å². The summed E-state index contributed by atoms with van der Waals surface area (Å²) in [6, 6.07) is 13.8. The van der Waals surface area contributed by atoms with Crippen molar-refractivity contribution in [2.75, 3.05) is 14.2 Å². The SMILES string of the molecule is COc1ccc(-c2nn(CN(C)Cc3ccc(F)cc3)c(=S)o2)cc1. The van der Waals surface area contributed by atoms with Gasteiger partial charge in [0.15, 0.2) is 0 Å². The van der Waals surface area contributed by atoms with Crippen molar-refractivity contribution in [3.05, 3.63) is 64.7 Å². The van der Waals surface area contributed by atoms with E-state index in [9.17, 15) is 4.39 Å². The van der Waals surface area contributed by atoms with Crippen LogP contribution < -0.4 is 4.74 Å². The second-order valence-electron chi connectivity index (χ2n) is 5.68. The molecule has 0 radical (unpaired) electrons. The molecule has 3 aromatic rings. The predicted octanol–water partition coefficient (Wildman–Crippen LogP) is 4.11. The van der Waals surface area contributed by atoms with Crippen LogP contribution in [0.4, 0.5) is 4.39 Å². The zero-order chi connectivity index (χ0) is 17.8. The number of nitrogens with zero attached hydrogens (tertiary/aromatic N) is 3. The standard InChI is InChI=1S/C18H18FN3O2S/c1-21(11-13-3-7-15(19)8-4-13)12-22-18(25)24-17(20-22)14-5-9-16(23-2)10-6-14/h3-10H,11-12H2,1-2H3. The van der Waals surface area contributed by atoms with E-state index in [1.807, 2.05) is 36.2 Å². The van der Waals surface area contributed by atoms with Gasteiger partial charge in [-0.1, -0.05) is 12.1 Å². The van der Waals surface area contributed by atoms with E-state index in [-0.39, 0.29) is 5.82 Å². The lowest BCUT2D eigenvalue weighted by atomic mass is 10.2. The second kappa shape index (κ2) is 7.58. The molecular weight excluding hydrogens is 341 g/mol. The van der Waals surface area contributed by atoms with Crippen LogP contribution in [0.2, 0.25) is 0 Å². The minimum Gasteiger partial charge on any atom is -0.497 e. The van der Waals surface area contributed by atoms with E-state index >= 15 is 0 Å². The van der Waals surface area contributed by atoms with Gasteiger partial charge in [0.05, 0.1) is 13.8 Å². The first-order valence-corrected chi connectivity index (χ1v) is 8.11. The maximum Gasteiger partial charge on any atom is 0.288 e. The lowest BCUT2D eigenvalue weighted by Gasteiger charge is -2.15. The Morgan fingerprint density at radius 1 is 1.16 bits per heavy atom. The number of halogens is 1. The highest BCUT2D eigenvalue weighted by Gasteiger charge is 2.10. The van der Waals surface area contributed by atoms with Crippen molar-refractivity contribution in [1.29, 1.82) is 0 Å². The molecule has 0 saturated heterocycles. The molecule has 0 aliphatic rings. The van der Waals surface area contributed by atoms with Gasteiger partial charge in [0.25, 0.3) is 4.84 Å². The monoisotopic (exact) mass is 359 g/mol. The van der Waals surface area contributed by atoms with Gasteiger partial charge in [0.1, 0.15) is 11.6 Å². The second-order valence-corrected chi connectivity index (χ2v) is 6.03. The number of ether oxygens (including phenoxy) is 1. The lowest BCUT2D eigenvalue weighted by molar-refractivity contribution is 0.240. The van der Waals surface area contributed by atoms with E-state index < -0.39 is 0 Å². The molecule has 1 heterocycles. The first-order valence-electron chi connectivity index (χ1n) is 7.70. The molecule has 7 heteroatoms. The van der Waals surface area contributed by atoms with Gasteiger partial charge in [0, 0.05) is 12.1 Å². The van der Waals surface area contributed by atoms with E-state index in [2.05, 4.69) is 5.10 Å². The summed E-state index contributed by atoms with van der Waals surface area (Å²) < 4.78 is 25.3. The highest BCUT2D eigenvalue weighted by Crippen LogP contribution is 2.21. The molecule has 130 valence electrons. The number of benzene rings is 2. The maximum atomic E-state index is 13.0. The van der Waals surface area contributed by atoms with Crippen molar-refractivity contribution in [1.82, 2.24) is 14.7 Å². The largest absolute Gasteiger partial charge is 0.497 e. The van der Waals surface area contributed by atoms with Crippen molar-refractivity contribution >= 4 is 12.2 Å². The molecule has 0 unspecified atom stereocenters. The Morgan fingerprint density at radius 3 is 2.48 bits per heavy atom. The molecule has 0 bridgehead atoms. The van der Waals surface area contributed by atoms with Crippen LogP contribution in [-0.2, 0) is 13.2 Å². The Balaban J connectivity index is 1.71. The van der Waals surface area contributed by atoms with Gasteiger partial charge in [-0.3, -0.25) is 4.90 Å².